The lowest BCUT2D eigenvalue weighted by Crippen LogP contribution is -2.44. The van der Waals surface area contributed by atoms with Crippen molar-refractivity contribution in [2.75, 3.05) is 14.2 Å². The fraction of sp³-hybridized carbons (Fsp3) is 0.391. The molecule has 3 atom stereocenters. The molecule has 2 aliphatic rings. The van der Waals surface area contributed by atoms with Crippen LogP contribution in [0.5, 0.6) is 5.75 Å². The zero-order chi connectivity index (χ0) is 17.4. The molecular formula is C23H26O2. The Labute approximate surface area is 150 Å². The highest BCUT2D eigenvalue weighted by Gasteiger charge is 2.57. The average Bonchev–Trinajstić information content (AvgIpc) is 3.19. The zero-order valence-electron chi connectivity index (χ0n) is 15.2. The number of fused-ring (bicyclic) bond motifs is 2. The van der Waals surface area contributed by atoms with Crippen molar-refractivity contribution in [2.24, 2.45) is 11.8 Å². The molecule has 2 bridgehead atoms. The van der Waals surface area contributed by atoms with Gasteiger partial charge in [-0.25, -0.2) is 0 Å². The standard InChI is InChI=1S/C23H26O2/c1-16-6-4-5-7-21(16)22(17-8-14-20(24-2)15-9-17)23(25-3)18-10-11-19(23)13-12-18/h4-11,14-15,18-19,22H,12-13H2,1-3H3. The summed E-state index contributed by atoms with van der Waals surface area (Å²) in [6.07, 6.45) is 7.19. The molecule has 2 aromatic carbocycles. The van der Waals surface area contributed by atoms with Crippen molar-refractivity contribution in [1.82, 2.24) is 0 Å². The van der Waals surface area contributed by atoms with Crippen LogP contribution in [0, 0.1) is 18.8 Å². The van der Waals surface area contributed by atoms with Gasteiger partial charge in [0.1, 0.15) is 5.75 Å². The lowest BCUT2D eigenvalue weighted by Gasteiger charge is -2.42. The summed E-state index contributed by atoms with van der Waals surface area (Å²) in [5, 5.41) is 0. The van der Waals surface area contributed by atoms with Gasteiger partial charge in [-0.2, -0.15) is 0 Å². The van der Waals surface area contributed by atoms with E-state index in [4.69, 9.17) is 9.47 Å². The molecule has 0 amide bonds. The molecule has 0 saturated heterocycles. The second kappa shape index (κ2) is 6.34. The molecule has 2 nitrogen and oxygen atoms in total. The lowest BCUT2D eigenvalue weighted by atomic mass is 9.70. The van der Waals surface area contributed by atoms with Gasteiger partial charge in [0.15, 0.2) is 0 Å². The first-order valence-electron chi connectivity index (χ1n) is 9.13. The molecule has 2 heteroatoms. The molecule has 25 heavy (non-hydrogen) atoms. The third kappa shape index (κ3) is 2.43. The maximum Gasteiger partial charge on any atom is 0.118 e. The topological polar surface area (TPSA) is 18.5 Å². The predicted octanol–water partition coefficient (Wildman–Crippen LogP) is 5.12. The van der Waals surface area contributed by atoms with Gasteiger partial charge in [-0.05, 0) is 48.6 Å². The molecular weight excluding hydrogens is 308 g/mol. The highest BCUT2D eigenvalue weighted by atomic mass is 16.5. The van der Waals surface area contributed by atoms with E-state index in [-0.39, 0.29) is 11.5 Å². The van der Waals surface area contributed by atoms with Gasteiger partial charge in [-0.15, -0.1) is 0 Å². The molecule has 0 N–H and O–H groups in total. The summed E-state index contributed by atoms with van der Waals surface area (Å²) >= 11 is 0. The van der Waals surface area contributed by atoms with E-state index in [0.717, 1.165) is 5.75 Å². The molecule has 2 aromatic rings. The summed E-state index contributed by atoms with van der Waals surface area (Å²) < 4.78 is 11.7. The molecule has 1 saturated carbocycles. The van der Waals surface area contributed by atoms with E-state index < -0.39 is 0 Å². The van der Waals surface area contributed by atoms with E-state index in [0.29, 0.717) is 11.8 Å². The Morgan fingerprint density at radius 2 is 1.56 bits per heavy atom. The van der Waals surface area contributed by atoms with Crippen LogP contribution in [0.1, 0.15) is 35.4 Å². The highest BCUT2D eigenvalue weighted by molar-refractivity contribution is 5.45. The summed E-state index contributed by atoms with van der Waals surface area (Å²) in [4.78, 5) is 0. The number of aryl methyl sites for hydroxylation is 1. The normalized spacial score (nSPS) is 28.3. The Hall–Kier alpha value is -2.06. The first-order chi connectivity index (χ1) is 12.2. The third-order valence-electron chi connectivity index (χ3n) is 6.28. The van der Waals surface area contributed by atoms with E-state index in [2.05, 4.69) is 67.6 Å². The van der Waals surface area contributed by atoms with E-state index >= 15 is 0 Å². The second-order valence-corrected chi connectivity index (χ2v) is 7.30. The summed E-state index contributed by atoms with van der Waals surface area (Å²) in [5.74, 6) is 2.08. The monoisotopic (exact) mass is 334 g/mol. The Bertz CT molecular complexity index is 761. The largest absolute Gasteiger partial charge is 0.497 e. The molecule has 4 rings (SSSR count). The van der Waals surface area contributed by atoms with Crippen molar-refractivity contribution in [3.05, 3.63) is 77.4 Å². The quantitative estimate of drug-likeness (QED) is 0.707. The fourth-order valence-corrected chi connectivity index (χ4v) is 5.09. The number of rotatable bonds is 5. The van der Waals surface area contributed by atoms with Gasteiger partial charge in [-0.1, -0.05) is 48.6 Å². The van der Waals surface area contributed by atoms with Crippen LogP contribution in [0.3, 0.4) is 0 Å². The van der Waals surface area contributed by atoms with Gasteiger partial charge in [0.2, 0.25) is 0 Å². The molecule has 0 aliphatic heterocycles. The van der Waals surface area contributed by atoms with E-state index in [9.17, 15) is 0 Å². The van der Waals surface area contributed by atoms with Crippen LogP contribution >= 0.6 is 0 Å². The third-order valence-corrected chi connectivity index (χ3v) is 6.28. The summed E-state index contributed by atoms with van der Waals surface area (Å²) in [7, 11) is 3.61. The Balaban J connectivity index is 1.88. The minimum atomic E-state index is -0.180. The molecule has 0 heterocycles. The van der Waals surface area contributed by atoms with Gasteiger partial charge >= 0.3 is 0 Å². The maximum atomic E-state index is 6.37. The minimum absolute atomic E-state index is 0.180. The van der Waals surface area contributed by atoms with Gasteiger partial charge in [-0.3, -0.25) is 0 Å². The number of methoxy groups -OCH3 is 2. The molecule has 0 aromatic heterocycles. The Kier molecular flexibility index (Phi) is 4.16. The van der Waals surface area contributed by atoms with Crippen molar-refractivity contribution in [3.8, 4) is 5.75 Å². The summed E-state index contributed by atoms with van der Waals surface area (Å²) in [6, 6.07) is 17.3. The van der Waals surface area contributed by atoms with Gasteiger partial charge in [0, 0.05) is 24.9 Å². The minimum Gasteiger partial charge on any atom is -0.497 e. The smallest absolute Gasteiger partial charge is 0.118 e. The van der Waals surface area contributed by atoms with Crippen LogP contribution < -0.4 is 4.74 Å². The van der Waals surface area contributed by atoms with E-state index in [1.807, 2.05) is 7.11 Å². The maximum absolute atomic E-state index is 6.37. The number of ether oxygens (including phenoxy) is 2. The second-order valence-electron chi connectivity index (χ2n) is 7.30. The SMILES string of the molecule is COc1ccc(C(c2ccccc2C)C2(OC)C3C=CC2CC3)cc1. The van der Waals surface area contributed by atoms with Crippen LogP contribution in [0.2, 0.25) is 0 Å². The molecule has 0 spiro atoms. The van der Waals surface area contributed by atoms with Crippen molar-refractivity contribution < 1.29 is 9.47 Å². The zero-order valence-corrected chi connectivity index (χ0v) is 15.2. The molecule has 2 aliphatic carbocycles. The number of hydrogen-bond acceptors (Lipinski definition) is 2. The Morgan fingerprint density at radius 1 is 0.920 bits per heavy atom. The summed E-state index contributed by atoms with van der Waals surface area (Å²) in [6.45, 7) is 2.21. The van der Waals surface area contributed by atoms with Crippen LogP contribution in [0.25, 0.3) is 0 Å². The first-order valence-corrected chi connectivity index (χ1v) is 9.13. The van der Waals surface area contributed by atoms with Crippen LogP contribution in [-0.4, -0.2) is 19.8 Å². The fourth-order valence-electron chi connectivity index (χ4n) is 5.09. The van der Waals surface area contributed by atoms with E-state index in [1.165, 1.54) is 29.5 Å². The Morgan fingerprint density at radius 3 is 2.08 bits per heavy atom. The van der Waals surface area contributed by atoms with Crippen molar-refractivity contribution >= 4 is 0 Å². The first kappa shape index (κ1) is 16.4. The molecule has 3 unspecified atom stereocenters. The summed E-state index contributed by atoms with van der Waals surface area (Å²) in [5.41, 5.74) is 3.82. The number of hydrogen-bond donors (Lipinski definition) is 0. The van der Waals surface area contributed by atoms with Crippen molar-refractivity contribution in [3.63, 3.8) is 0 Å². The lowest BCUT2D eigenvalue weighted by molar-refractivity contribution is -0.0548. The van der Waals surface area contributed by atoms with Crippen LogP contribution in [0.15, 0.2) is 60.7 Å². The predicted molar refractivity (Wildman–Crippen MR) is 101 cm³/mol. The highest BCUT2D eigenvalue weighted by Crippen LogP contribution is 2.58. The molecule has 0 radical (unpaired) electrons. The van der Waals surface area contributed by atoms with E-state index in [1.54, 1.807) is 7.11 Å². The molecule has 130 valence electrons. The average molecular weight is 334 g/mol. The number of benzene rings is 2. The van der Waals surface area contributed by atoms with Gasteiger partial charge in [0.25, 0.3) is 0 Å². The molecule has 1 fully saturated rings. The van der Waals surface area contributed by atoms with Gasteiger partial charge in [0.05, 0.1) is 12.7 Å². The van der Waals surface area contributed by atoms with Crippen molar-refractivity contribution in [2.45, 2.75) is 31.3 Å². The van der Waals surface area contributed by atoms with Crippen LogP contribution in [0.4, 0.5) is 0 Å². The van der Waals surface area contributed by atoms with Crippen molar-refractivity contribution in [1.29, 1.82) is 0 Å². The van der Waals surface area contributed by atoms with Crippen LogP contribution in [-0.2, 0) is 4.74 Å². The van der Waals surface area contributed by atoms with Gasteiger partial charge < -0.3 is 9.47 Å².